The molecule has 0 bridgehead atoms. The third-order valence-corrected chi connectivity index (χ3v) is 1.98. The molecule has 0 N–H and O–H groups in total. The smallest absolute Gasteiger partial charge is 0.430 e. The first kappa shape index (κ1) is 9.51. The molecule has 5 nitrogen and oxygen atoms in total. The number of hydrogen-bond donors (Lipinski definition) is 0. The van der Waals surface area contributed by atoms with E-state index in [-0.39, 0.29) is 0 Å². The molecule has 15 heavy (non-hydrogen) atoms. The van der Waals surface area contributed by atoms with Crippen molar-refractivity contribution in [2.45, 2.75) is 0 Å². The number of cyclic esters (lactones) is 1. The van der Waals surface area contributed by atoms with Crippen LogP contribution in [-0.4, -0.2) is 30.0 Å². The average molecular weight is 206 g/mol. The first-order valence-electron chi connectivity index (χ1n) is 4.49. The highest BCUT2D eigenvalue weighted by Gasteiger charge is 2.21. The summed E-state index contributed by atoms with van der Waals surface area (Å²) in [7, 11) is 0. The number of hydrazone groups is 1. The summed E-state index contributed by atoms with van der Waals surface area (Å²) < 4.78 is 9.68. The van der Waals surface area contributed by atoms with Gasteiger partial charge in [-0.05, 0) is 12.1 Å². The van der Waals surface area contributed by atoms with Crippen LogP contribution in [0.5, 0.6) is 0 Å². The number of nitrogens with zero attached hydrogens (tertiary/aromatic N) is 2. The fourth-order valence-corrected chi connectivity index (χ4v) is 1.23. The molecule has 0 aromatic carbocycles. The van der Waals surface area contributed by atoms with Gasteiger partial charge in [0.05, 0.1) is 24.8 Å². The molecule has 1 aromatic heterocycles. The van der Waals surface area contributed by atoms with Crippen molar-refractivity contribution in [2.75, 3.05) is 13.2 Å². The van der Waals surface area contributed by atoms with Gasteiger partial charge in [0.1, 0.15) is 6.61 Å². The van der Waals surface area contributed by atoms with E-state index in [0.717, 1.165) is 5.56 Å². The van der Waals surface area contributed by atoms with Crippen molar-refractivity contribution in [3.05, 3.63) is 36.8 Å². The molecule has 0 radical (unpaired) electrons. The van der Waals surface area contributed by atoms with Crippen LogP contribution in [0.3, 0.4) is 0 Å². The zero-order valence-electron chi connectivity index (χ0n) is 8.05. The van der Waals surface area contributed by atoms with Gasteiger partial charge in [-0.25, -0.2) is 4.79 Å². The normalized spacial score (nSPS) is 16.7. The molecular weight excluding hydrogens is 196 g/mol. The second kappa shape index (κ2) is 4.00. The van der Waals surface area contributed by atoms with Gasteiger partial charge in [-0.2, -0.15) is 10.1 Å². The minimum atomic E-state index is -0.433. The fourth-order valence-electron chi connectivity index (χ4n) is 1.23. The maximum absolute atomic E-state index is 11.1. The third kappa shape index (κ3) is 1.90. The zero-order valence-corrected chi connectivity index (χ0v) is 8.05. The lowest BCUT2D eigenvalue weighted by Gasteiger charge is -2.06. The molecule has 0 saturated carbocycles. The summed E-state index contributed by atoms with van der Waals surface area (Å²) in [6.45, 7) is 4.47. The van der Waals surface area contributed by atoms with Crippen molar-refractivity contribution in [3.63, 3.8) is 0 Å². The van der Waals surface area contributed by atoms with Gasteiger partial charge in [-0.3, -0.25) is 0 Å². The van der Waals surface area contributed by atoms with E-state index >= 15 is 0 Å². The van der Waals surface area contributed by atoms with Gasteiger partial charge in [0.15, 0.2) is 0 Å². The SMILES string of the molecule is C=C/C(=N\N1CCOC1=O)c1ccoc1. The lowest BCUT2D eigenvalue weighted by molar-refractivity contribution is 0.159. The number of amides is 1. The second-order valence-corrected chi connectivity index (χ2v) is 2.94. The highest BCUT2D eigenvalue weighted by Crippen LogP contribution is 2.08. The average Bonchev–Trinajstić information content (AvgIpc) is 2.86. The van der Waals surface area contributed by atoms with Crippen LogP contribution in [0.2, 0.25) is 0 Å². The Hall–Kier alpha value is -2.04. The largest absolute Gasteiger partial charge is 0.472 e. The number of allylic oxidation sites excluding steroid dienone is 1. The van der Waals surface area contributed by atoms with E-state index in [1.807, 2.05) is 0 Å². The van der Waals surface area contributed by atoms with Gasteiger partial charge >= 0.3 is 6.09 Å². The minimum Gasteiger partial charge on any atom is -0.472 e. The molecule has 5 heteroatoms. The van der Waals surface area contributed by atoms with Gasteiger partial charge < -0.3 is 9.15 Å². The Bertz CT molecular complexity index is 395. The quantitative estimate of drug-likeness (QED) is 0.706. The standard InChI is InChI=1S/C10H10N2O3/c1-2-9(8-3-5-14-7-8)11-12-4-6-15-10(12)13/h2-3,5,7H,1,4,6H2/b11-9+. The Morgan fingerprint density at radius 2 is 2.53 bits per heavy atom. The van der Waals surface area contributed by atoms with Crippen LogP contribution in [0.25, 0.3) is 0 Å². The Morgan fingerprint density at radius 1 is 1.67 bits per heavy atom. The van der Waals surface area contributed by atoms with Crippen molar-refractivity contribution in [1.82, 2.24) is 5.01 Å². The second-order valence-electron chi connectivity index (χ2n) is 2.94. The summed E-state index contributed by atoms with van der Waals surface area (Å²) in [5, 5.41) is 5.38. The van der Waals surface area contributed by atoms with Crippen molar-refractivity contribution in [1.29, 1.82) is 0 Å². The van der Waals surface area contributed by atoms with E-state index in [0.29, 0.717) is 18.9 Å². The van der Waals surface area contributed by atoms with Crippen LogP contribution in [0.1, 0.15) is 5.56 Å². The minimum absolute atomic E-state index is 0.373. The molecule has 2 heterocycles. The zero-order chi connectivity index (χ0) is 10.7. The van der Waals surface area contributed by atoms with Gasteiger partial charge in [0, 0.05) is 5.56 Å². The lowest BCUT2D eigenvalue weighted by Crippen LogP contribution is -2.19. The van der Waals surface area contributed by atoms with Crippen molar-refractivity contribution < 1.29 is 13.9 Å². The first-order chi connectivity index (χ1) is 7.31. The number of carbonyl (C=O) groups excluding carboxylic acids is 1. The maximum Gasteiger partial charge on any atom is 0.430 e. The van der Waals surface area contributed by atoms with Crippen LogP contribution in [-0.2, 0) is 4.74 Å². The third-order valence-electron chi connectivity index (χ3n) is 1.98. The Balaban J connectivity index is 2.23. The van der Waals surface area contributed by atoms with Gasteiger partial charge in [-0.15, -0.1) is 0 Å². The van der Waals surface area contributed by atoms with Crippen molar-refractivity contribution in [2.24, 2.45) is 5.10 Å². The molecule has 0 aliphatic carbocycles. The Morgan fingerprint density at radius 3 is 3.07 bits per heavy atom. The highest BCUT2D eigenvalue weighted by molar-refractivity contribution is 6.08. The van der Waals surface area contributed by atoms with Crippen LogP contribution in [0.4, 0.5) is 4.79 Å². The highest BCUT2D eigenvalue weighted by atomic mass is 16.6. The molecule has 1 amide bonds. The number of hydrogen-bond acceptors (Lipinski definition) is 4. The van der Waals surface area contributed by atoms with Crippen molar-refractivity contribution >= 4 is 11.8 Å². The maximum atomic E-state index is 11.1. The number of ether oxygens (including phenoxy) is 1. The molecule has 2 rings (SSSR count). The number of carbonyl (C=O) groups is 1. The van der Waals surface area contributed by atoms with Crippen molar-refractivity contribution in [3.8, 4) is 0 Å². The molecule has 78 valence electrons. The predicted molar refractivity (Wildman–Crippen MR) is 53.5 cm³/mol. The van der Waals surface area contributed by atoms with Crippen LogP contribution >= 0.6 is 0 Å². The summed E-state index contributed by atoms with van der Waals surface area (Å²) in [4.78, 5) is 11.1. The fraction of sp³-hybridized carbons (Fsp3) is 0.200. The topological polar surface area (TPSA) is 55.0 Å². The van der Waals surface area contributed by atoms with E-state index in [4.69, 9.17) is 9.15 Å². The molecule has 1 saturated heterocycles. The van der Waals surface area contributed by atoms with Gasteiger partial charge in [0.2, 0.25) is 0 Å². The summed E-state index contributed by atoms with van der Waals surface area (Å²) in [6, 6.07) is 1.75. The van der Waals surface area contributed by atoms with E-state index in [2.05, 4.69) is 11.7 Å². The van der Waals surface area contributed by atoms with E-state index in [1.165, 1.54) is 11.3 Å². The summed E-state index contributed by atoms with van der Waals surface area (Å²) in [5.74, 6) is 0. The number of rotatable bonds is 3. The summed E-state index contributed by atoms with van der Waals surface area (Å²) in [5.41, 5.74) is 1.37. The van der Waals surface area contributed by atoms with E-state index in [1.54, 1.807) is 18.4 Å². The van der Waals surface area contributed by atoms with Crippen LogP contribution in [0, 0.1) is 0 Å². The van der Waals surface area contributed by atoms with E-state index in [9.17, 15) is 4.79 Å². The Labute approximate surface area is 86.6 Å². The molecule has 0 atom stereocenters. The van der Waals surface area contributed by atoms with Gasteiger partial charge in [-0.1, -0.05) is 6.58 Å². The van der Waals surface area contributed by atoms with Crippen LogP contribution in [0.15, 0.2) is 40.8 Å². The molecular formula is C10H10N2O3. The van der Waals surface area contributed by atoms with Gasteiger partial charge in [0.25, 0.3) is 0 Å². The molecule has 1 aromatic rings. The monoisotopic (exact) mass is 206 g/mol. The lowest BCUT2D eigenvalue weighted by atomic mass is 10.2. The van der Waals surface area contributed by atoms with Crippen LogP contribution < -0.4 is 0 Å². The molecule has 0 spiro atoms. The number of furan rings is 1. The first-order valence-corrected chi connectivity index (χ1v) is 4.49. The van der Waals surface area contributed by atoms with E-state index < -0.39 is 6.09 Å². The molecule has 0 unspecified atom stereocenters. The predicted octanol–water partition coefficient (Wildman–Crippen LogP) is 1.62. The Kier molecular flexibility index (Phi) is 2.53. The summed E-state index contributed by atoms with van der Waals surface area (Å²) >= 11 is 0. The molecule has 1 fully saturated rings. The molecule has 1 aliphatic rings. The molecule has 1 aliphatic heterocycles. The summed E-state index contributed by atoms with van der Waals surface area (Å²) in [6.07, 6.45) is 4.22.